The Morgan fingerprint density at radius 1 is 1.21 bits per heavy atom. The highest BCUT2D eigenvalue weighted by molar-refractivity contribution is 7.80. The van der Waals surface area contributed by atoms with E-state index in [1.807, 2.05) is 13.0 Å². The molecule has 2 N–H and O–H groups in total. The van der Waals surface area contributed by atoms with E-state index in [2.05, 4.69) is 15.4 Å². The molecule has 2 rings (SSSR count). The number of anilines is 2. The molecule has 0 radical (unpaired) electrons. The summed E-state index contributed by atoms with van der Waals surface area (Å²) in [4.78, 5) is 10.3. The molecule has 28 heavy (non-hydrogen) atoms. The quantitative estimate of drug-likeness (QED) is 0.403. The summed E-state index contributed by atoms with van der Waals surface area (Å²) in [6, 6.07) is 8.55. The standard InChI is InChI=1S/C17H16F3N3O4S/c1-10-3-4-15(26-2)14(5-10)22-16(28)21-11-6-12(23(24)25)8-13(7-11)27-9-17(18,19)20/h3-8H,9H2,1-2H3,(H2,21,22,28). The lowest BCUT2D eigenvalue weighted by atomic mass is 10.2. The molecular formula is C17H16F3N3O4S. The first kappa shape index (κ1) is 21.2. The van der Waals surface area contributed by atoms with E-state index >= 15 is 0 Å². The number of non-ortho nitro benzene ring substituents is 1. The molecule has 0 aromatic heterocycles. The van der Waals surface area contributed by atoms with E-state index in [0.29, 0.717) is 11.4 Å². The second-order valence-corrected chi connectivity index (χ2v) is 6.07. The number of halogens is 3. The third-order valence-electron chi connectivity index (χ3n) is 3.37. The first-order valence-corrected chi connectivity index (χ1v) is 8.20. The van der Waals surface area contributed by atoms with Crippen molar-refractivity contribution in [2.24, 2.45) is 0 Å². The highest BCUT2D eigenvalue weighted by Gasteiger charge is 2.28. The van der Waals surface area contributed by atoms with E-state index in [1.54, 1.807) is 12.1 Å². The molecule has 0 aliphatic carbocycles. The normalized spacial score (nSPS) is 10.9. The van der Waals surface area contributed by atoms with Crippen LogP contribution in [0.1, 0.15) is 5.56 Å². The van der Waals surface area contributed by atoms with E-state index < -0.39 is 23.4 Å². The van der Waals surface area contributed by atoms with E-state index in [1.165, 1.54) is 13.2 Å². The van der Waals surface area contributed by atoms with Gasteiger partial charge >= 0.3 is 6.18 Å². The summed E-state index contributed by atoms with van der Waals surface area (Å²) in [5.74, 6) is 0.202. The maximum atomic E-state index is 12.3. The minimum absolute atomic E-state index is 0.0613. The number of thiocarbonyl (C=S) groups is 1. The number of alkyl halides is 3. The molecule has 150 valence electrons. The van der Waals surface area contributed by atoms with Gasteiger partial charge in [0, 0.05) is 12.1 Å². The van der Waals surface area contributed by atoms with Gasteiger partial charge in [0.15, 0.2) is 11.7 Å². The predicted octanol–water partition coefficient (Wildman–Crippen LogP) is 4.66. The maximum absolute atomic E-state index is 12.3. The van der Waals surface area contributed by atoms with Gasteiger partial charge in [0.2, 0.25) is 0 Å². The van der Waals surface area contributed by atoms with Gasteiger partial charge in [0.25, 0.3) is 5.69 Å². The molecule has 11 heteroatoms. The van der Waals surface area contributed by atoms with Crippen LogP contribution in [0.4, 0.5) is 30.2 Å². The van der Waals surface area contributed by atoms with Crippen molar-refractivity contribution in [2.75, 3.05) is 24.4 Å². The average molecular weight is 415 g/mol. The molecule has 0 saturated heterocycles. The van der Waals surface area contributed by atoms with Gasteiger partial charge in [-0.1, -0.05) is 6.07 Å². The summed E-state index contributed by atoms with van der Waals surface area (Å²) in [6.07, 6.45) is -4.57. The number of benzene rings is 2. The van der Waals surface area contributed by atoms with Crippen LogP contribution in [0.2, 0.25) is 0 Å². The first-order valence-electron chi connectivity index (χ1n) is 7.79. The smallest absolute Gasteiger partial charge is 0.422 e. The lowest BCUT2D eigenvalue weighted by Crippen LogP contribution is -2.21. The maximum Gasteiger partial charge on any atom is 0.422 e. The number of ether oxygens (including phenoxy) is 2. The SMILES string of the molecule is COc1ccc(C)cc1NC(=S)Nc1cc(OCC(F)(F)F)cc([N+](=O)[O-])c1. The van der Waals surface area contributed by atoms with Gasteiger partial charge in [0.1, 0.15) is 11.5 Å². The molecule has 0 heterocycles. The zero-order valence-corrected chi connectivity index (χ0v) is 15.6. The Labute approximate surface area is 163 Å². The minimum atomic E-state index is -4.57. The summed E-state index contributed by atoms with van der Waals surface area (Å²) in [7, 11) is 1.48. The highest BCUT2D eigenvalue weighted by Crippen LogP contribution is 2.29. The molecule has 0 fully saturated rings. The minimum Gasteiger partial charge on any atom is -0.495 e. The summed E-state index contributed by atoms with van der Waals surface area (Å²) >= 11 is 5.18. The molecule has 7 nitrogen and oxygen atoms in total. The fourth-order valence-electron chi connectivity index (χ4n) is 2.21. The second kappa shape index (κ2) is 8.74. The molecule has 0 atom stereocenters. The van der Waals surface area contributed by atoms with Crippen molar-refractivity contribution in [1.82, 2.24) is 0 Å². The van der Waals surface area contributed by atoms with Gasteiger partial charge in [-0.15, -0.1) is 0 Å². The number of nitrogens with one attached hydrogen (secondary N) is 2. The molecule has 0 bridgehead atoms. The summed E-state index contributed by atoms with van der Waals surface area (Å²) in [5.41, 5.74) is 1.14. The van der Waals surface area contributed by atoms with Crippen LogP contribution < -0.4 is 20.1 Å². The van der Waals surface area contributed by atoms with Crippen molar-refractivity contribution < 1.29 is 27.6 Å². The van der Waals surface area contributed by atoms with E-state index in [0.717, 1.165) is 17.7 Å². The molecule has 0 aliphatic rings. The van der Waals surface area contributed by atoms with Crippen LogP contribution in [-0.2, 0) is 0 Å². The van der Waals surface area contributed by atoms with Crippen LogP contribution in [0.5, 0.6) is 11.5 Å². The largest absolute Gasteiger partial charge is 0.495 e. The van der Waals surface area contributed by atoms with E-state index in [-0.39, 0.29) is 16.5 Å². The number of nitro groups is 1. The van der Waals surface area contributed by atoms with Gasteiger partial charge < -0.3 is 20.1 Å². The van der Waals surface area contributed by atoms with Crippen molar-refractivity contribution in [1.29, 1.82) is 0 Å². The third-order valence-corrected chi connectivity index (χ3v) is 3.57. The fraction of sp³-hybridized carbons (Fsp3) is 0.235. The zero-order chi connectivity index (χ0) is 20.9. The Hall–Kier alpha value is -3.08. The Morgan fingerprint density at radius 2 is 1.93 bits per heavy atom. The van der Waals surface area contributed by atoms with Crippen LogP contribution >= 0.6 is 12.2 Å². The molecule has 2 aromatic rings. The lowest BCUT2D eigenvalue weighted by Gasteiger charge is -2.15. The Bertz CT molecular complexity index is 890. The number of hydrogen-bond acceptors (Lipinski definition) is 5. The van der Waals surface area contributed by atoms with Gasteiger partial charge in [-0.05, 0) is 36.8 Å². The second-order valence-electron chi connectivity index (χ2n) is 5.66. The van der Waals surface area contributed by atoms with Crippen molar-refractivity contribution in [3.05, 3.63) is 52.1 Å². The number of methoxy groups -OCH3 is 1. The summed E-state index contributed by atoms with van der Waals surface area (Å²) < 4.78 is 46.8. The number of rotatable bonds is 6. The molecule has 0 unspecified atom stereocenters. The molecule has 0 amide bonds. The molecule has 0 aliphatic heterocycles. The molecule has 0 saturated carbocycles. The number of aryl methyl sites for hydroxylation is 1. The summed E-state index contributed by atoms with van der Waals surface area (Å²) in [6.45, 7) is 0.294. The van der Waals surface area contributed by atoms with Crippen molar-refractivity contribution in [3.63, 3.8) is 0 Å². The van der Waals surface area contributed by atoms with Crippen LogP contribution in [0.25, 0.3) is 0 Å². The van der Waals surface area contributed by atoms with Gasteiger partial charge in [-0.25, -0.2) is 0 Å². The molecule has 2 aromatic carbocycles. The fourth-order valence-corrected chi connectivity index (χ4v) is 2.44. The Balaban J connectivity index is 2.20. The van der Waals surface area contributed by atoms with Gasteiger partial charge in [-0.2, -0.15) is 13.2 Å². The van der Waals surface area contributed by atoms with Crippen molar-refractivity contribution in [3.8, 4) is 11.5 Å². The average Bonchev–Trinajstić information content (AvgIpc) is 2.59. The Morgan fingerprint density at radius 3 is 2.54 bits per heavy atom. The van der Waals surface area contributed by atoms with Crippen LogP contribution in [0, 0.1) is 17.0 Å². The highest BCUT2D eigenvalue weighted by atomic mass is 32.1. The summed E-state index contributed by atoms with van der Waals surface area (Å²) in [5, 5.41) is 16.7. The van der Waals surface area contributed by atoms with Crippen molar-refractivity contribution in [2.45, 2.75) is 13.1 Å². The molecular weight excluding hydrogens is 399 g/mol. The van der Waals surface area contributed by atoms with Gasteiger partial charge in [0.05, 0.1) is 29.5 Å². The molecule has 0 spiro atoms. The zero-order valence-electron chi connectivity index (χ0n) is 14.8. The Kier molecular flexibility index (Phi) is 6.62. The van der Waals surface area contributed by atoms with E-state index in [9.17, 15) is 23.3 Å². The third kappa shape index (κ3) is 6.27. The lowest BCUT2D eigenvalue weighted by molar-refractivity contribution is -0.384. The van der Waals surface area contributed by atoms with E-state index in [4.69, 9.17) is 17.0 Å². The van der Waals surface area contributed by atoms with Crippen LogP contribution in [-0.4, -0.2) is 29.9 Å². The van der Waals surface area contributed by atoms with Gasteiger partial charge in [-0.3, -0.25) is 10.1 Å². The number of nitro benzene ring substituents is 1. The predicted molar refractivity (Wildman–Crippen MR) is 102 cm³/mol. The monoisotopic (exact) mass is 415 g/mol. The topological polar surface area (TPSA) is 85.7 Å². The van der Waals surface area contributed by atoms with Crippen LogP contribution in [0.3, 0.4) is 0 Å². The number of nitrogens with zero attached hydrogens (tertiary/aromatic N) is 1. The van der Waals surface area contributed by atoms with Crippen molar-refractivity contribution >= 4 is 34.4 Å². The first-order chi connectivity index (χ1) is 13.1. The van der Waals surface area contributed by atoms with Crippen LogP contribution in [0.15, 0.2) is 36.4 Å². The number of hydrogen-bond donors (Lipinski definition) is 2.